The number of likely N-dealkylation sites (N-methyl/N-ethyl adjacent to an activating group) is 1. The van der Waals surface area contributed by atoms with E-state index in [2.05, 4.69) is 63.6 Å². The Labute approximate surface area is 176 Å². The van der Waals surface area contributed by atoms with Crippen LogP contribution in [0.5, 0.6) is 0 Å². The standard InChI is InChI=1S/C19H23BrIN3O2/c1-17(21)13-5-4-11(20)10-14(13)19(15(25)24(2)16(22)23-19)18(17)8-6-12(26-3)7-9-18/h4-5,10,12H,6-9H2,1-3H3,(H2,22,23). The van der Waals surface area contributed by atoms with Gasteiger partial charge >= 0.3 is 0 Å². The van der Waals surface area contributed by atoms with E-state index in [-0.39, 0.29) is 20.8 Å². The molecule has 140 valence electrons. The first kappa shape index (κ1) is 18.7. The van der Waals surface area contributed by atoms with Crippen molar-refractivity contribution in [2.24, 2.45) is 16.1 Å². The van der Waals surface area contributed by atoms with Gasteiger partial charge in [-0.1, -0.05) is 44.6 Å². The van der Waals surface area contributed by atoms with E-state index < -0.39 is 5.54 Å². The van der Waals surface area contributed by atoms with E-state index in [1.807, 2.05) is 0 Å². The van der Waals surface area contributed by atoms with Gasteiger partial charge in [-0.15, -0.1) is 0 Å². The maximum absolute atomic E-state index is 13.6. The zero-order valence-corrected chi connectivity index (χ0v) is 18.9. The number of benzene rings is 1. The van der Waals surface area contributed by atoms with Gasteiger partial charge in [0, 0.05) is 24.0 Å². The van der Waals surface area contributed by atoms with Crippen LogP contribution in [-0.4, -0.2) is 37.0 Å². The van der Waals surface area contributed by atoms with Crippen molar-refractivity contribution in [2.75, 3.05) is 14.2 Å². The van der Waals surface area contributed by atoms with Crippen molar-refractivity contribution >= 4 is 50.4 Å². The van der Waals surface area contributed by atoms with Gasteiger partial charge in [-0.2, -0.15) is 0 Å². The number of aliphatic imine (C=N–C) groups is 1. The van der Waals surface area contributed by atoms with Gasteiger partial charge < -0.3 is 10.5 Å². The number of fused-ring (bicyclic) bond motifs is 3. The molecule has 2 N–H and O–H groups in total. The SMILES string of the molecule is COC1CCC2(CC1)C(C)(I)c1ccc(Br)cc1C21N=C(N)N(C)C1=O. The number of amides is 1. The van der Waals surface area contributed by atoms with E-state index in [9.17, 15) is 4.79 Å². The van der Waals surface area contributed by atoms with Crippen molar-refractivity contribution in [2.45, 2.75) is 47.7 Å². The van der Waals surface area contributed by atoms with Crippen LogP contribution in [0.2, 0.25) is 0 Å². The summed E-state index contributed by atoms with van der Waals surface area (Å²) in [6.45, 7) is 2.25. The number of hydrogen-bond acceptors (Lipinski definition) is 4. The predicted molar refractivity (Wildman–Crippen MR) is 113 cm³/mol. The van der Waals surface area contributed by atoms with Gasteiger partial charge in [-0.05, 0) is 55.9 Å². The lowest BCUT2D eigenvalue weighted by Gasteiger charge is -2.51. The zero-order valence-electron chi connectivity index (χ0n) is 15.2. The van der Waals surface area contributed by atoms with Gasteiger partial charge in [-0.3, -0.25) is 9.69 Å². The van der Waals surface area contributed by atoms with Crippen molar-refractivity contribution < 1.29 is 9.53 Å². The van der Waals surface area contributed by atoms with Gasteiger partial charge in [0.1, 0.15) is 0 Å². The third-order valence-corrected chi connectivity index (χ3v) is 8.93. The van der Waals surface area contributed by atoms with Gasteiger partial charge in [0.15, 0.2) is 11.5 Å². The Balaban J connectivity index is 2.00. The minimum Gasteiger partial charge on any atom is -0.381 e. The van der Waals surface area contributed by atoms with Crippen molar-refractivity contribution in [1.29, 1.82) is 0 Å². The quantitative estimate of drug-likeness (QED) is 0.444. The first-order valence-electron chi connectivity index (χ1n) is 8.87. The van der Waals surface area contributed by atoms with Crippen LogP contribution in [0.25, 0.3) is 0 Å². The molecule has 4 rings (SSSR count). The number of ether oxygens (including phenoxy) is 1. The topological polar surface area (TPSA) is 67.9 Å². The maximum Gasteiger partial charge on any atom is 0.262 e. The smallest absolute Gasteiger partial charge is 0.262 e. The van der Waals surface area contributed by atoms with E-state index >= 15 is 0 Å². The molecule has 0 saturated heterocycles. The number of carbonyl (C=O) groups is 1. The number of rotatable bonds is 1. The molecule has 0 aromatic heterocycles. The molecule has 2 aliphatic carbocycles. The second-order valence-electron chi connectivity index (χ2n) is 7.75. The molecule has 1 fully saturated rings. The Bertz CT molecular complexity index is 817. The second-order valence-corrected chi connectivity index (χ2v) is 10.8. The second kappa shape index (κ2) is 5.91. The molecule has 7 heteroatoms. The van der Waals surface area contributed by atoms with Gasteiger partial charge in [0.2, 0.25) is 0 Å². The van der Waals surface area contributed by atoms with Crippen LogP contribution in [-0.2, 0) is 18.5 Å². The molecule has 3 aliphatic rings. The maximum atomic E-state index is 13.6. The first-order chi connectivity index (χ1) is 12.2. The lowest BCUT2D eigenvalue weighted by molar-refractivity contribution is -0.138. The molecule has 2 spiro atoms. The van der Waals surface area contributed by atoms with E-state index in [1.54, 1.807) is 14.2 Å². The normalized spacial score (nSPS) is 39.0. The summed E-state index contributed by atoms with van der Waals surface area (Å²) in [5, 5.41) is 0. The number of methoxy groups -OCH3 is 1. The highest BCUT2D eigenvalue weighted by Crippen LogP contribution is 2.72. The third-order valence-electron chi connectivity index (χ3n) is 6.83. The molecule has 0 radical (unpaired) electrons. The lowest BCUT2D eigenvalue weighted by Crippen LogP contribution is -2.55. The fraction of sp³-hybridized carbons (Fsp3) is 0.579. The molecular formula is C19H23BrIN3O2. The van der Waals surface area contributed by atoms with Crippen molar-refractivity contribution in [1.82, 2.24) is 4.90 Å². The molecule has 1 aliphatic heterocycles. The van der Waals surface area contributed by atoms with Crippen molar-refractivity contribution in [3.05, 3.63) is 33.8 Å². The molecule has 26 heavy (non-hydrogen) atoms. The molecule has 5 nitrogen and oxygen atoms in total. The summed E-state index contributed by atoms with van der Waals surface area (Å²) in [4.78, 5) is 20.0. The Morgan fingerprint density at radius 3 is 2.54 bits per heavy atom. The summed E-state index contributed by atoms with van der Waals surface area (Å²) >= 11 is 6.14. The van der Waals surface area contributed by atoms with Crippen LogP contribution in [0, 0.1) is 5.41 Å². The van der Waals surface area contributed by atoms with E-state index in [1.165, 1.54) is 10.5 Å². The lowest BCUT2D eigenvalue weighted by atomic mass is 9.58. The van der Waals surface area contributed by atoms with Gasteiger partial charge in [0.05, 0.1) is 9.53 Å². The van der Waals surface area contributed by atoms with Crippen molar-refractivity contribution in [3.63, 3.8) is 0 Å². The fourth-order valence-corrected chi connectivity index (χ4v) is 7.12. The number of nitrogens with zero attached hydrogens (tertiary/aromatic N) is 2. The summed E-state index contributed by atoms with van der Waals surface area (Å²) < 4.78 is 6.35. The molecular weight excluding hydrogens is 509 g/mol. The Hall–Kier alpha value is -0.670. The fourth-order valence-electron chi connectivity index (χ4n) is 5.36. The van der Waals surface area contributed by atoms with Crippen molar-refractivity contribution in [3.8, 4) is 0 Å². The number of halogens is 2. The predicted octanol–water partition coefficient (Wildman–Crippen LogP) is 3.67. The number of hydrogen-bond donors (Lipinski definition) is 1. The number of carbonyl (C=O) groups excluding carboxylic acids is 1. The van der Waals surface area contributed by atoms with E-state index in [0.717, 1.165) is 35.7 Å². The molecule has 2 atom stereocenters. The highest BCUT2D eigenvalue weighted by molar-refractivity contribution is 14.1. The average molecular weight is 532 g/mol. The van der Waals surface area contributed by atoms with E-state index in [4.69, 9.17) is 15.5 Å². The minimum absolute atomic E-state index is 0.00870. The molecule has 0 bridgehead atoms. The molecule has 1 amide bonds. The molecule has 1 aromatic carbocycles. The number of guanidine groups is 1. The van der Waals surface area contributed by atoms with Crippen LogP contribution in [0.1, 0.15) is 43.7 Å². The molecule has 1 saturated carbocycles. The highest BCUT2D eigenvalue weighted by atomic mass is 127. The van der Waals surface area contributed by atoms with Crippen LogP contribution in [0.3, 0.4) is 0 Å². The monoisotopic (exact) mass is 531 g/mol. The number of alkyl halides is 1. The Morgan fingerprint density at radius 2 is 2.00 bits per heavy atom. The molecule has 1 heterocycles. The van der Waals surface area contributed by atoms with Crippen LogP contribution >= 0.6 is 38.5 Å². The summed E-state index contributed by atoms with van der Waals surface area (Å²) in [5.41, 5.74) is 7.10. The van der Waals surface area contributed by atoms with Crippen LogP contribution in [0.4, 0.5) is 0 Å². The van der Waals surface area contributed by atoms with E-state index in [0.29, 0.717) is 5.96 Å². The Morgan fingerprint density at radius 1 is 1.35 bits per heavy atom. The molecule has 2 unspecified atom stereocenters. The highest BCUT2D eigenvalue weighted by Gasteiger charge is 2.73. The number of nitrogens with two attached hydrogens (primary N) is 1. The minimum atomic E-state index is -0.945. The average Bonchev–Trinajstić information content (AvgIpc) is 2.93. The largest absolute Gasteiger partial charge is 0.381 e. The summed E-state index contributed by atoms with van der Waals surface area (Å²) in [6.07, 6.45) is 3.87. The first-order valence-corrected chi connectivity index (χ1v) is 10.7. The summed E-state index contributed by atoms with van der Waals surface area (Å²) in [7, 11) is 3.50. The molecule has 1 aromatic rings. The zero-order chi connectivity index (χ0) is 18.9. The van der Waals surface area contributed by atoms with Gasteiger partial charge in [0.25, 0.3) is 5.91 Å². The van der Waals surface area contributed by atoms with Gasteiger partial charge in [-0.25, -0.2) is 4.99 Å². The Kier molecular flexibility index (Phi) is 4.25. The summed E-state index contributed by atoms with van der Waals surface area (Å²) in [6, 6.07) is 6.26. The summed E-state index contributed by atoms with van der Waals surface area (Å²) in [5.74, 6) is 0.300. The van der Waals surface area contributed by atoms with Crippen LogP contribution < -0.4 is 5.73 Å². The van der Waals surface area contributed by atoms with Crippen LogP contribution in [0.15, 0.2) is 27.7 Å². The third kappa shape index (κ3) is 2.05.